The highest BCUT2D eigenvalue weighted by Gasteiger charge is 2.19. The molecule has 20 heavy (non-hydrogen) atoms. The molecule has 0 aliphatic carbocycles. The number of aryl methyl sites for hydroxylation is 1. The largest absolute Gasteiger partial charge is 0.483 e. The third-order valence-electron chi connectivity index (χ3n) is 2.87. The highest BCUT2D eigenvalue weighted by atomic mass is 35.5. The maximum Gasteiger partial charge on any atom is 0.204 e. The molecule has 0 amide bonds. The highest BCUT2D eigenvalue weighted by Crippen LogP contribution is 2.23. The summed E-state index contributed by atoms with van der Waals surface area (Å²) in [6.07, 6.45) is -0.615. The van der Waals surface area contributed by atoms with Crippen LogP contribution in [0.2, 0.25) is 10.0 Å². The first-order valence-corrected chi connectivity index (χ1v) is 6.95. The number of ketones is 1. The summed E-state index contributed by atoms with van der Waals surface area (Å²) in [5.74, 6) is 0.490. The van der Waals surface area contributed by atoms with Crippen molar-refractivity contribution in [1.82, 2.24) is 0 Å². The minimum absolute atomic E-state index is 0.173. The quantitative estimate of drug-likeness (QED) is 0.747. The Morgan fingerprint density at radius 3 is 2.55 bits per heavy atom. The number of carbonyl (C=O) groups excluding carboxylic acids is 1. The van der Waals surface area contributed by atoms with Gasteiger partial charge in [-0.3, -0.25) is 4.79 Å². The molecule has 2 nitrogen and oxygen atoms in total. The maximum absolute atomic E-state index is 12.3. The first kappa shape index (κ1) is 14.9. The number of carbonyl (C=O) groups is 1. The minimum atomic E-state index is -0.615. The molecule has 1 atom stereocenters. The standard InChI is InChI=1S/C16H14Cl2O2/c1-10-4-3-5-13(8-10)20-11(2)16(19)14-7-6-12(17)9-15(14)18/h3-9,11H,1-2H3. The predicted molar refractivity (Wildman–Crippen MR) is 82.1 cm³/mol. The number of ether oxygens (including phenoxy) is 1. The van der Waals surface area contributed by atoms with E-state index < -0.39 is 6.10 Å². The number of hydrogen-bond donors (Lipinski definition) is 0. The van der Waals surface area contributed by atoms with Crippen molar-refractivity contribution in [3.8, 4) is 5.75 Å². The van der Waals surface area contributed by atoms with Crippen LogP contribution in [0.5, 0.6) is 5.75 Å². The summed E-state index contributed by atoms with van der Waals surface area (Å²) in [6.45, 7) is 3.67. The monoisotopic (exact) mass is 308 g/mol. The van der Waals surface area contributed by atoms with Crippen LogP contribution in [0.25, 0.3) is 0 Å². The molecular weight excluding hydrogens is 295 g/mol. The lowest BCUT2D eigenvalue weighted by Crippen LogP contribution is -2.24. The van der Waals surface area contributed by atoms with E-state index in [0.29, 0.717) is 21.4 Å². The molecule has 104 valence electrons. The van der Waals surface area contributed by atoms with Crippen molar-refractivity contribution >= 4 is 29.0 Å². The zero-order valence-electron chi connectivity index (χ0n) is 11.2. The van der Waals surface area contributed by atoms with Gasteiger partial charge >= 0.3 is 0 Å². The second kappa shape index (κ2) is 6.29. The van der Waals surface area contributed by atoms with Gasteiger partial charge in [-0.1, -0.05) is 35.3 Å². The molecule has 0 aliphatic heterocycles. The summed E-state index contributed by atoms with van der Waals surface area (Å²) in [5.41, 5.74) is 1.49. The Hall–Kier alpha value is -1.51. The first-order chi connectivity index (χ1) is 9.47. The summed E-state index contributed by atoms with van der Waals surface area (Å²) in [6, 6.07) is 12.4. The van der Waals surface area contributed by atoms with E-state index in [0.717, 1.165) is 5.56 Å². The van der Waals surface area contributed by atoms with Crippen LogP contribution in [0.4, 0.5) is 0 Å². The molecule has 0 aliphatic rings. The second-order valence-electron chi connectivity index (χ2n) is 4.57. The van der Waals surface area contributed by atoms with Crippen LogP contribution in [0.15, 0.2) is 42.5 Å². The molecule has 2 aromatic carbocycles. The summed E-state index contributed by atoms with van der Waals surface area (Å²) >= 11 is 11.9. The SMILES string of the molecule is Cc1cccc(OC(C)C(=O)c2ccc(Cl)cc2Cl)c1. The molecular formula is C16H14Cl2O2. The smallest absolute Gasteiger partial charge is 0.204 e. The van der Waals surface area contributed by atoms with Crippen LogP contribution in [0.3, 0.4) is 0 Å². The number of rotatable bonds is 4. The van der Waals surface area contributed by atoms with Crippen LogP contribution in [-0.2, 0) is 0 Å². The lowest BCUT2D eigenvalue weighted by Gasteiger charge is -2.15. The molecule has 1 unspecified atom stereocenters. The Morgan fingerprint density at radius 2 is 1.90 bits per heavy atom. The van der Waals surface area contributed by atoms with Gasteiger partial charge in [0.15, 0.2) is 6.10 Å². The van der Waals surface area contributed by atoms with Crippen molar-refractivity contribution in [3.05, 3.63) is 63.6 Å². The van der Waals surface area contributed by atoms with Crippen LogP contribution < -0.4 is 4.74 Å². The van der Waals surface area contributed by atoms with Gasteiger partial charge in [0.1, 0.15) is 5.75 Å². The van der Waals surface area contributed by atoms with Crippen molar-refractivity contribution in [3.63, 3.8) is 0 Å². The van der Waals surface area contributed by atoms with Gasteiger partial charge in [-0.05, 0) is 49.7 Å². The van der Waals surface area contributed by atoms with Crippen LogP contribution >= 0.6 is 23.2 Å². The van der Waals surface area contributed by atoms with Crippen molar-refractivity contribution < 1.29 is 9.53 Å². The van der Waals surface area contributed by atoms with Gasteiger partial charge < -0.3 is 4.74 Å². The molecule has 0 radical (unpaired) electrons. The fourth-order valence-corrected chi connectivity index (χ4v) is 2.36. The topological polar surface area (TPSA) is 26.3 Å². The first-order valence-electron chi connectivity index (χ1n) is 6.20. The summed E-state index contributed by atoms with van der Waals surface area (Å²) in [5, 5.41) is 0.834. The van der Waals surface area contributed by atoms with E-state index in [1.807, 2.05) is 31.2 Å². The third-order valence-corrected chi connectivity index (χ3v) is 3.42. The van der Waals surface area contributed by atoms with E-state index in [4.69, 9.17) is 27.9 Å². The molecule has 0 heterocycles. The van der Waals surface area contributed by atoms with Crippen LogP contribution in [0, 0.1) is 6.92 Å². The Labute approximate surface area is 128 Å². The molecule has 0 bridgehead atoms. The average Bonchev–Trinajstić information content (AvgIpc) is 2.38. The fraction of sp³-hybridized carbons (Fsp3) is 0.188. The van der Waals surface area contributed by atoms with Gasteiger partial charge in [0.2, 0.25) is 5.78 Å². The van der Waals surface area contributed by atoms with Gasteiger partial charge in [-0.2, -0.15) is 0 Å². The molecule has 2 rings (SSSR count). The fourth-order valence-electron chi connectivity index (χ4n) is 1.85. The second-order valence-corrected chi connectivity index (χ2v) is 5.41. The normalized spacial score (nSPS) is 12.0. The van der Waals surface area contributed by atoms with E-state index in [9.17, 15) is 4.79 Å². The van der Waals surface area contributed by atoms with E-state index in [2.05, 4.69) is 0 Å². The minimum Gasteiger partial charge on any atom is -0.483 e. The summed E-state index contributed by atoms with van der Waals surface area (Å²) in [4.78, 5) is 12.3. The maximum atomic E-state index is 12.3. The van der Waals surface area contributed by atoms with Gasteiger partial charge in [0, 0.05) is 10.6 Å². The van der Waals surface area contributed by atoms with Crippen LogP contribution in [-0.4, -0.2) is 11.9 Å². The summed E-state index contributed by atoms with van der Waals surface area (Å²) in [7, 11) is 0. The average molecular weight is 309 g/mol. The number of benzene rings is 2. The van der Waals surface area contributed by atoms with Crippen LogP contribution in [0.1, 0.15) is 22.8 Å². The molecule has 0 spiro atoms. The number of hydrogen-bond acceptors (Lipinski definition) is 2. The van der Waals surface area contributed by atoms with E-state index in [-0.39, 0.29) is 5.78 Å². The zero-order chi connectivity index (χ0) is 14.7. The van der Waals surface area contributed by atoms with Gasteiger partial charge in [-0.25, -0.2) is 0 Å². The lowest BCUT2D eigenvalue weighted by molar-refractivity contribution is 0.0818. The number of halogens is 2. The Bertz CT molecular complexity index is 638. The lowest BCUT2D eigenvalue weighted by atomic mass is 10.1. The predicted octanol–water partition coefficient (Wildman–Crippen LogP) is 4.95. The molecule has 0 aromatic heterocycles. The molecule has 0 saturated carbocycles. The van der Waals surface area contributed by atoms with Gasteiger partial charge in [0.25, 0.3) is 0 Å². The molecule has 0 N–H and O–H groups in total. The van der Waals surface area contributed by atoms with Gasteiger partial charge in [0.05, 0.1) is 5.02 Å². The Balaban J connectivity index is 2.16. The highest BCUT2D eigenvalue weighted by molar-refractivity contribution is 6.37. The van der Waals surface area contributed by atoms with Crippen molar-refractivity contribution in [2.24, 2.45) is 0 Å². The Morgan fingerprint density at radius 1 is 1.15 bits per heavy atom. The molecule has 0 fully saturated rings. The van der Waals surface area contributed by atoms with Crippen molar-refractivity contribution in [2.75, 3.05) is 0 Å². The Kier molecular flexibility index (Phi) is 4.69. The molecule has 4 heteroatoms. The molecule has 0 saturated heterocycles. The van der Waals surface area contributed by atoms with Gasteiger partial charge in [-0.15, -0.1) is 0 Å². The van der Waals surface area contributed by atoms with E-state index in [1.165, 1.54) is 0 Å². The third kappa shape index (κ3) is 3.53. The van der Waals surface area contributed by atoms with E-state index in [1.54, 1.807) is 25.1 Å². The van der Waals surface area contributed by atoms with E-state index >= 15 is 0 Å². The zero-order valence-corrected chi connectivity index (χ0v) is 12.7. The van der Waals surface area contributed by atoms with Crippen molar-refractivity contribution in [2.45, 2.75) is 20.0 Å². The van der Waals surface area contributed by atoms with Crippen molar-refractivity contribution in [1.29, 1.82) is 0 Å². The number of Topliss-reactive ketones (excluding diaryl/α,β-unsaturated/α-hetero) is 1. The molecule has 2 aromatic rings. The summed E-state index contributed by atoms with van der Waals surface area (Å²) < 4.78 is 5.66.